The minimum atomic E-state index is -3.31. The third kappa shape index (κ3) is 5.85. The van der Waals surface area contributed by atoms with E-state index in [9.17, 15) is 23.5 Å². The van der Waals surface area contributed by atoms with Crippen LogP contribution in [0, 0.1) is 11.8 Å². The van der Waals surface area contributed by atoms with Crippen LogP contribution in [0.3, 0.4) is 0 Å². The number of esters is 1. The molecule has 3 aliphatic rings. The SMILES string of the molecule is CCOC(=O)CCP(=O)(CCP(=O)(CCN1C(=O)C2[C@@H]3C=C[C@@H](O3)[C@@H]2C1=O)OCC)OCC. The van der Waals surface area contributed by atoms with Crippen LogP contribution in [0.15, 0.2) is 12.2 Å². The molecule has 3 aliphatic heterocycles. The summed E-state index contributed by atoms with van der Waals surface area (Å²) in [6, 6.07) is 0. The predicted molar refractivity (Wildman–Crippen MR) is 121 cm³/mol. The van der Waals surface area contributed by atoms with Gasteiger partial charge in [-0.25, -0.2) is 0 Å². The van der Waals surface area contributed by atoms with Crippen LogP contribution in [0.2, 0.25) is 0 Å². The molecule has 0 aromatic carbocycles. The zero-order chi connectivity index (χ0) is 24.2. The zero-order valence-electron chi connectivity index (χ0n) is 19.3. The molecule has 0 aliphatic carbocycles. The van der Waals surface area contributed by atoms with E-state index in [-0.39, 0.29) is 81.5 Å². The van der Waals surface area contributed by atoms with E-state index in [2.05, 4.69) is 0 Å². The van der Waals surface area contributed by atoms with E-state index in [0.29, 0.717) is 0 Å². The zero-order valence-corrected chi connectivity index (χ0v) is 21.1. The second kappa shape index (κ2) is 11.0. The molecule has 33 heavy (non-hydrogen) atoms. The van der Waals surface area contributed by atoms with Crippen LogP contribution in [0.1, 0.15) is 27.2 Å². The fraction of sp³-hybridized carbons (Fsp3) is 0.762. The van der Waals surface area contributed by atoms with Gasteiger partial charge in [-0.1, -0.05) is 12.2 Å². The average molecular weight is 505 g/mol. The van der Waals surface area contributed by atoms with Crippen LogP contribution < -0.4 is 0 Å². The van der Waals surface area contributed by atoms with Gasteiger partial charge in [-0.3, -0.25) is 28.4 Å². The van der Waals surface area contributed by atoms with E-state index in [1.54, 1.807) is 20.8 Å². The van der Waals surface area contributed by atoms with Crippen molar-refractivity contribution >= 4 is 32.5 Å². The highest BCUT2D eigenvalue weighted by Gasteiger charge is 2.60. The van der Waals surface area contributed by atoms with Gasteiger partial charge in [0.2, 0.25) is 26.6 Å². The van der Waals surface area contributed by atoms with Crippen molar-refractivity contribution in [3.63, 3.8) is 0 Å². The fourth-order valence-electron chi connectivity index (χ4n) is 4.59. The van der Waals surface area contributed by atoms with Gasteiger partial charge in [-0.2, -0.15) is 0 Å². The second-order valence-corrected chi connectivity index (χ2v) is 13.8. The lowest BCUT2D eigenvalue weighted by atomic mass is 9.85. The molecule has 2 saturated heterocycles. The number of fused-ring (bicyclic) bond motifs is 5. The Morgan fingerprint density at radius 2 is 1.39 bits per heavy atom. The van der Waals surface area contributed by atoms with E-state index in [1.807, 2.05) is 12.2 Å². The lowest BCUT2D eigenvalue weighted by Gasteiger charge is -2.24. The van der Waals surface area contributed by atoms with Gasteiger partial charge >= 0.3 is 5.97 Å². The largest absolute Gasteiger partial charge is 0.466 e. The Bertz CT molecular complexity index is 859. The van der Waals surface area contributed by atoms with Crippen LogP contribution in [0.25, 0.3) is 0 Å². The van der Waals surface area contributed by atoms with Crippen LogP contribution >= 0.6 is 14.7 Å². The molecule has 6 atom stereocenters. The molecule has 2 fully saturated rings. The Kier molecular flexibility index (Phi) is 8.73. The van der Waals surface area contributed by atoms with Gasteiger partial charge in [0.1, 0.15) is 0 Å². The van der Waals surface area contributed by atoms with Gasteiger partial charge in [0.15, 0.2) is 0 Å². The van der Waals surface area contributed by atoms with Gasteiger partial charge < -0.3 is 18.5 Å². The van der Waals surface area contributed by atoms with E-state index in [0.717, 1.165) is 0 Å². The van der Waals surface area contributed by atoms with Crippen LogP contribution in [0.5, 0.6) is 0 Å². The minimum absolute atomic E-state index is 0.00592. The molecule has 0 aromatic rings. The molecule has 10 nitrogen and oxygen atoms in total. The first-order valence-corrected chi connectivity index (χ1v) is 15.5. The summed E-state index contributed by atoms with van der Waals surface area (Å²) in [5, 5.41) is 0. The van der Waals surface area contributed by atoms with Crippen molar-refractivity contribution in [1.29, 1.82) is 0 Å². The van der Waals surface area contributed by atoms with Crippen LogP contribution in [0.4, 0.5) is 0 Å². The van der Waals surface area contributed by atoms with Crippen molar-refractivity contribution in [3.05, 3.63) is 12.2 Å². The Labute approximate surface area is 194 Å². The number of ether oxygens (including phenoxy) is 2. The molecule has 0 radical (unpaired) electrons. The number of carbonyl (C=O) groups excluding carboxylic acids is 3. The summed E-state index contributed by atoms with van der Waals surface area (Å²) in [4.78, 5) is 38.5. The number of rotatable bonds is 14. The Morgan fingerprint density at radius 1 is 0.879 bits per heavy atom. The molecule has 2 bridgehead atoms. The van der Waals surface area contributed by atoms with Crippen LogP contribution in [-0.2, 0) is 42.0 Å². The maximum Gasteiger partial charge on any atom is 0.306 e. The van der Waals surface area contributed by atoms with E-state index >= 15 is 0 Å². The van der Waals surface area contributed by atoms with Crippen molar-refractivity contribution in [2.75, 3.05) is 51.0 Å². The minimum Gasteiger partial charge on any atom is -0.466 e. The molecule has 0 N–H and O–H groups in total. The highest BCUT2D eigenvalue weighted by Crippen LogP contribution is 2.55. The Hall–Kier alpha value is -1.31. The molecule has 0 aromatic heterocycles. The molecule has 3 rings (SSSR count). The molecule has 186 valence electrons. The highest BCUT2D eigenvalue weighted by molar-refractivity contribution is 7.63. The molecule has 12 heteroatoms. The third-order valence-corrected chi connectivity index (χ3v) is 11.5. The maximum atomic E-state index is 13.5. The van der Waals surface area contributed by atoms with E-state index in [4.69, 9.17) is 18.5 Å². The molecule has 2 amide bonds. The fourth-order valence-corrected chi connectivity index (χ4v) is 9.96. The third-order valence-electron chi connectivity index (χ3n) is 6.14. The van der Waals surface area contributed by atoms with Gasteiger partial charge in [-0.15, -0.1) is 0 Å². The molecule has 0 saturated carbocycles. The Balaban J connectivity index is 1.60. The molecule has 3 heterocycles. The van der Waals surface area contributed by atoms with Crippen molar-refractivity contribution in [2.24, 2.45) is 11.8 Å². The summed E-state index contributed by atoms with van der Waals surface area (Å²) < 4.78 is 48.2. The summed E-state index contributed by atoms with van der Waals surface area (Å²) in [6.07, 6.45) is 2.74. The first-order valence-electron chi connectivity index (χ1n) is 11.5. The normalized spacial score (nSPS) is 29.2. The highest BCUT2D eigenvalue weighted by atomic mass is 31.2. The topological polar surface area (TPSA) is 126 Å². The molecular formula is C21H33NO9P2. The summed E-state index contributed by atoms with van der Waals surface area (Å²) in [5.41, 5.74) is 0. The summed E-state index contributed by atoms with van der Waals surface area (Å²) >= 11 is 0. The Morgan fingerprint density at radius 3 is 1.88 bits per heavy atom. The summed E-state index contributed by atoms with van der Waals surface area (Å²) in [5.74, 6) is -2.10. The second-order valence-electron chi connectivity index (χ2n) is 8.24. The summed E-state index contributed by atoms with van der Waals surface area (Å²) in [7, 11) is -6.55. The van der Waals surface area contributed by atoms with Gasteiger partial charge in [0.25, 0.3) is 0 Å². The first kappa shape index (κ1) is 26.3. The quantitative estimate of drug-likeness (QED) is 0.151. The summed E-state index contributed by atoms with van der Waals surface area (Å²) in [6.45, 7) is 5.67. The number of hydrogen-bond acceptors (Lipinski definition) is 9. The van der Waals surface area contributed by atoms with Crippen molar-refractivity contribution < 1.29 is 42.0 Å². The lowest BCUT2D eigenvalue weighted by molar-refractivity contribution is -0.143. The van der Waals surface area contributed by atoms with E-state index < -0.39 is 32.5 Å². The number of carbonyl (C=O) groups is 3. The first-order chi connectivity index (χ1) is 15.7. The standard InChI is InChI=1S/C21H33NO9P2/c1-4-28-17(23)9-11-32(26,29-5-2)13-14-33(27,30-6-3)12-10-22-20(24)18-15-7-8-16(31-15)19(18)21(22)25/h7-8,15-16,18-19H,4-6,9-14H2,1-3H3/t15-,16+,18+,19?,32?,33?/m1/s1. The maximum absolute atomic E-state index is 13.5. The van der Waals surface area contributed by atoms with E-state index in [1.165, 1.54) is 4.90 Å². The number of hydrogen-bond donors (Lipinski definition) is 0. The van der Waals surface area contributed by atoms with Crippen molar-refractivity contribution in [1.82, 2.24) is 4.90 Å². The molecular weight excluding hydrogens is 472 g/mol. The van der Waals surface area contributed by atoms with Crippen molar-refractivity contribution in [3.8, 4) is 0 Å². The smallest absolute Gasteiger partial charge is 0.306 e. The van der Waals surface area contributed by atoms with Gasteiger partial charge in [0.05, 0.1) is 50.3 Å². The monoisotopic (exact) mass is 505 g/mol. The predicted octanol–water partition coefficient (Wildman–Crippen LogP) is 2.51. The van der Waals surface area contributed by atoms with Crippen LogP contribution in [-0.4, -0.2) is 85.9 Å². The number of imide groups is 1. The average Bonchev–Trinajstić information content (AvgIpc) is 3.45. The van der Waals surface area contributed by atoms with Crippen molar-refractivity contribution in [2.45, 2.75) is 39.4 Å². The number of nitrogens with zero attached hydrogens (tertiary/aromatic N) is 1. The molecule has 3 unspecified atom stereocenters. The number of amides is 2. The molecule has 0 spiro atoms. The lowest BCUT2D eigenvalue weighted by Crippen LogP contribution is -2.36. The number of likely N-dealkylation sites (tertiary alicyclic amines) is 1. The van der Waals surface area contributed by atoms with Gasteiger partial charge in [0, 0.05) is 31.2 Å². The van der Waals surface area contributed by atoms with Gasteiger partial charge in [-0.05, 0) is 20.8 Å².